The normalized spacial score (nSPS) is 11.3. The van der Waals surface area contributed by atoms with Gasteiger partial charge in [0, 0.05) is 17.3 Å². The van der Waals surface area contributed by atoms with Gasteiger partial charge in [-0.2, -0.15) is 0 Å². The molecule has 0 saturated carbocycles. The van der Waals surface area contributed by atoms with E-state index in [1.54, 1.807) is 0 Å². The lowest BCUT2D eigenvalue weighted by Gasteiger charge is -2.11. The highest BCUT2D eigenvalue weighted by atomic mass is 32.2. The molecule has 5 nitrogen and oxygen atoms in total. The molecule has 0 aliphatic rings. The van der Waals surface area contributed by atoms with Crippen LogP contribution in [0.4, 0.5) is 14.5 Å². The van der Waals surface area contributed by atoms with Gasteiger partial charge in [-0.15, -0.1) is 0 Å². The summed E-state index contributed by atoms with van der Waals surface area (Å²) < 4.78 is 49.1. The molecule has 8 heteroatoms. The van der Waals surface area contributed by atoms with Crippen LogP contribution >= 0.6 is 0 Å². The van der Waals surface area contributed by atoms with Gasteiger partial charge in [0.05, 0.1) is 4.90 Å². The summed E-state index contributed by atoms with van der Waals surface area (Å²) in [5.74, 6) is -2.55. The van der Waals surface area contributed by atoms with Gasteiger partial charge in [0.2, 0.25) is 10.0 Å². The van der Waals surface area contributed by atoms with E-state index in [0.717, 1.165) is 12.1 Å². The summed E-state index contributed by atoms with van der Waals surface area (Å²) in [4.78, 5) is 11.9. The highest BCUT2D eigenvalue weighted by Crippen LogP contribution is 2.22. The van der Waals surface area contributed by atoms with Gasteiger partial charge < -0.3 is 5.32 Å². The Hall–Kier alpha value is -2.32. The first-order valence-corrected chi connectivity index (χ1v) is 7.63. The zero-order valence-corrected chi connectivity index (χ0v) is 12.2. The third-order valence-corrected chi connectivity index (χ3v) is 4.02. The van der Waals surface area contributed by atoms with Crippen LogP contribution in [0.25, 0.3) is 0 Å². The number of benzene rings is 2. The molecule has 0 aliphatic heterocycles. The number of primary sulfonamides is 1. The summed E-state index contributed by atoms with van der Waals surface area (Å²) in [7, 11) is -3.94. The molecule has 2 rings (SSSR count). The number of carbonyl (C=O) groups excluding carboxylic acids is 1. The van der Waals surface area contributed by atoms with Crippen LogP contribution in [0.2, 0.25) is 0 Å². The molecule has 0 heterocycles. The Morgan fingerprint density at radius 2 is 1.73 bits per heavy atom. The molecule has 0 aliphatic carbocycles. The largest absolute Gasteiger partial charge is 0.322 e. The van der Waals surface area contributed by atoms with E-state index >= 15 is 0 Å². The number of carbonyl (C=O) groups is 1. The van der Waals surface area contributed by atoms with Gasteiger partial charge in [0.1, 0.15) is 11.6 Å². The minimum Gasteiger partial charge on any atom is -0.322 e. The number of anilines is 1. The van der Waals surface area contributed by atoms with Gasteiger partial charge in [-0.3, -0.25) is 4.79 Å². The molecule has 116 valence electrons. The number of rotatable bonds is 3. The Labute approximate surface area is 125 Å². The van der Waals surface area contributed by atoms with Gasteiger partial charge in [0.25, 0.3) is 5.91 Å². The van der Waals surface area contributed by atoms with Crippen LogP contribution in [0.1, 0.15) is 15.9 Å². The van der Waals surface area contributed by atoms with Crippen LogP contribution in [0.5, 0.6) is 0 Å². The Kier molecular flexibility index (Phi) is 4.25. The van der Waals surface area contributed by atoms with Crippen molar-refractivity contribution in [1.29, 1.82) is 0 Å². The van der Waals surface area contributed by atoms with Crippen molar-refractivity contribution in [2.45, 2.75) is 11.8 Å². The van der Waals surface area contributed by atoms with Crippen LogP contribution in [-0.2, 0) is 10.0 Å². The number of nitrogens with one attached hydrogen (secondary N) is 1. The molecule has 0 fully saturated rings. The topological polar surface area (TPSA) is 89.3 Å². The van der Waals surface area contributed by atoms with Crippen molar-refractivity contribution in [3.8, 4) is 0 Å². The minimum absolute atomic E-state index is 0.143. The summed E-state index contributed by atoms with van der Waals surface area (Å²) in [6, 6.07) is 6.53. The van der Waals surface area contributed by atoms with E-state index in [4.69, 9.17) is 5.14 Å². The number of amides is 1. The van der Waals surface area contributed by atoms with E-state index in [1.807, 2.05) is 0 Å². The molecule has 0 spiro atoms. The first-order chi connectivity index (χ1) is 10.2. The lowest BCUT2D eigenvalue weighted by Crippen LogP contribution is -2.17. The van der Waals surface area contributed by atoms with E-state index in [0.29, 0.717) is 6.07 Å². The fourth-order valence-electron chi connectivity index (χ4n) is 1.94. The van der Waals surface area contributed by atoms with Crippen molar-refractivity contribution < 1.29 is 22.0 Å². The van der Waals surface area contributed by atoms with Crippen molar-refractivity contribution in [1.82, 2.24) is 0 Å². The molecule has 0 atom stereocenters. The van der Waals surface area contributed by atoms with E-state index in [9.17, 15) is 22.0 Å². The highest BCUT2D eigenvalue weighted by Gasteiger charge is 2.16. The second kappa shape index (κ2) is 5.82. The molecule has 3 N–H and O–H groups in total. The highest BCUT2D eigenvalue weighted by molar-refractivity contribution is 7.89. The van der Waals surface area contributed by atoms with Crippen LogP contribution in [0.3, 0.4) is 0 Å². The molecule has 1 amide bonds. The molecule has 0 unspecified atom stereocenters. The van der Waals surface area contributed by atoms with Crippen LogP contribution < -0.4 is 10.5 Å². The number of hydrogen-bond donors (Lipinski definition) is 2. The van der Waals surface area contributed by atoms with Gasteiger partial charge in [-0.25, -0.2) is 22.3 Å². The molecule has 0 aromatic heterocycles. The Bertz CT molecular complexity index is 831. The lowest BCUT2D eigenvalue weighted by atomic mass is 10.1. The zero-order chi connectivity index (χ0) is 16.5. The van der Waals surface area contributed by atoms with Crippen molar-refractivity contribution in [3.63, 3.8) is 0 Å². The predicted molar refractivity (Wildman–Crippen MR) is 76.9 cm³/mol. The SMILES string of the molecule is Cc1c(NC(=O)c2cc(F)cc(F)c2)cccc1S(N)(=O)=O. The molecule has 0 radical (unpaired) electrons. The number of hydrogen-bond acceptors (Lipinski definition) is 3. The molecule has 2 aromatic carbocycles. The lowest BCUT2D eigenvalue weighted by molar-refractivity contribution is 0.102. The standard InChI is InChI=1S/C14H12F2N2O3S/c1-8-12(3-2-4-13(8)22(17,20)21)18-14(19)9-5-10(15)7-11(16)6-9/h2-7H,1H3,(H,18,19)(H2,17,20,21). The van der Waals surface area contributed by atoms with Crippen LogP contribution in [0, 0.1) is 18.6 Å². The molecule has 0 bridgehead atoms. The Morgan fingerprint density at radius 1 is 1.14 bits per heavy atom. The van der Waals surface area contributed by atoms with Crippen LogP contribution in [-0.4, -0.2) is 14.3 Å². The van der Waals surface area contributed by atoms with Gasteiger partial charge >= 0.3 is 0 Å². The number of sulfonamides is 1. The molecule has 2 aromatic rings. The summed E-state index contributed by atoms with van der Waals surface area (Å²) in [5.41, 5.74) is 0.189. The van der Waals surface area contributed by atoms with Gasteiger partial charge in [0.15, 0.2) is 0 Å². The summed E-state index contributed by atoms with van der Waals surface area (Å²) >= 11 is 0. The minimum atomic E-state index is -3.94. The molecule has 0 saturated heterocycles. The van der Waals surface area contributed by atoms with Crippen molar-refractivity contribution in [2.75, 3.05) is 5.32 Å². The van der Waals surface area contributed by atoms with Crippen molar-refractivity contribution in [3.05, 3.63) is 59.2 Å². The second-order valence-corrected chi connectivity index (χ2v) is 6.12. The fraction of sp³-hybridized carbons (Fsp3) is 0.0714. The molecular formula is C14H12F2N2O3S. The third-order valence-electron chi connectivity index (χ3n) is 2.96. The number of halogens is 2. The van der Waals surface area contributed by atoms with Gasteiger partial charge in [-0.1, -0.05) is 6.07 Å². The Morgan fingerprint density at radius 3 is 2.27 bits per heavy atom. The maximum absolute atomic E-state index is 13.1. The zero-order valence-electron chi connectivity index (χ0n) is 11.4. The summed E-state index contributed by atoms with van der Waals surface area (Å²) in [6.07, 6.45) is 0. The average Bonchev–Trinajstić information content (AvgIpc) is 2.38. The fourth-order valence-corrected chi connectivity index (χ4v) is 2.74. The predicted octanol–water partition coefficient (Wildman–Crippen LogP) is 2.17. The molecule has 22 heavy (non-hydrogen) atoms. The summed E-state index contributed by atoms with van der Waals surface area (Å²) in [5, 5.41) is 7.47. The third kappa shape index (κ3) is 3.46. The van der Waals surface area contributed by atoms with Gasteiger partial charge in [-0.05, 0) is 36.8 Å². The van der Waals surface area contributed by atoms with E-state index in [-0.39, 0.29) is 21.7 Å². The van der Waals surface area contributed by atoms with Crippen molar-refractivity contribution in [2.24, 2.45) is 5.14 Å². The van der Waals surface area contributed by atoms with E-state index in [1.165, 1.54) is 25.1 Å². The first-order valence-electron chi connectivity index (χ1n) is 6.08. The second-order valence-electron chi connectivity index (χ2n) is 4.59. The number of nitrogens with two attached hydrogens (primary N) is 1. The van der Waals surface area contributed by atoms with Crippen molar-refractivity contribution >= 4 is 21.6 Å². The average molecular weight is 326 g/mol. The maximum atomic E-state index is 13.1. The van der Waals surface area contributed by atoms with E-state index < -0.39 is 27.6 Å². The first kappa shape index (κ1) is 16.1. The van der Waals surface area contributed by atoms with E-state index in [2.05, 4.69) is 5.32 Å². The smallest absolute Gasteiger partial charge is 0.255 e. The van der Waals surface area contributed by atoms with Crippen LogP contribution in [0.15, 0.2) is 41.3 Å². The Balaban J connectivity index is 2.37. The quantitative estimate of drug-likeness (QED) is 0.906. The summed E-state index contributed by atoms with van der Waals surface area (Å²) in [6.45, 7) is 1.46. The molecular weight excluding hydrogens is 314 g/mol. The maximum Gasteiger partial charge on any atom is 0.255 e. The monoisotopic (exact) mass is 326 g/mol.